The van der Waals surface area contributed by atoms with Crippen molar-refractivity contribution in [2.45, 2.75) is 39.2 Å². The van der Waals surface area contributed by atoms with E-state index in [4.69, 9.17) is 0 Å². The first-order valence-corrected chi connectivity index (χ1v) is 6.26. The van der Waals surface area contributed by atoms with Gasteiger partial charge in [-0.3, -0.25) is 0 Å². The number of aliphatic hydroxyl groups is 1. The van der Waals surface area contributed by atoms with E-state index in [0.717, 1.165) is 10.0 Å². The molecular formula is C13H18BrFO. The highest BCUT2D eigenvalue weighted by atomic mass is 79.9. The number of hydrogen-bond donors (Lipinski definition) is 1. The monoisotopic (exact) mass is 288 g/mol. The van der Waals surface area contributed by atoms with Crippen LogP contribution in [0.3, 0.4) is 0 Å². The van der Waals surface area contributed by atoms with Gasteiger partial charge in [-0.1, -0.05) is 29.8 Å². The zero-order valence-electron chi connectivity index (χ0n) is 9.93. The molecule has 90 valence electrons. The Labute approximate surface area is 105 Å². The van der Waals surface area contributed by atoms with E-state index in [0.29, 0.717) is 18.8 Å². The van der Waals surface area contributed by atoms with Crippen molar-refractivity contribution in [1.29, 1.82) is 0 Å². The molecule has 1 aromatic rings. The fourth-order valence-corrected chi connectivity index (χ4v) is 2.43. The molecule has 16 heavy (non-hydrogen) atoms. The zero-order valence-corrected chi connectivity index (χ0v) is 11.5. The zero-order chi connectivity index (χ0) is 12.3. The maximum atomic E-state index is 13.1. The van der Waals surface area contributed by atoms with Gasteiger partial charge in [-0.15, -0.1) is 0 Å². The molecule has 0 amide bonds. The van der Waals surface area contributed by atoms with Gasteiger partial charge >= 0.3 is 0 Å². The molecule has 0 heterocycles. The van der Waals surface area contributed by atoms with Crippen LogP contribution in [-0.2, 0) is 6.42 Å². The summed E-state index contributed by atoms with van der Waals surface area (Å²) in [5.41, 5.74) is 0.0236. The van der Waals surface area contributed by atoms with Gasteiger partial charge in [0.05, 0.1) is 5.60 Å². The quantitative estimate of drug-likeness (QED) is 0.890. The summed E-state index contributed by atoms with van der Waals surface area (Å²) in [6.45, 7) is 5.93. The predicted octanol–water partition coefficient (Wildman–Crippen LogP) is 3.93. The normalized spacial score (nSPS) is 15.2. The van der Waals surface area contributed by atoms with Crippen molar-refractivity contribution in [2.75, 3.05) is 0 Å². The smallest absolute Gasteiger partial charge is 0.123 e. The highest BCUT2D eigenvalue weighted by Crippen LogP contribution is 2.26. The van der Waals surface area contributed by atoms with E-state index in [1.807, 2.05) is 0 Å². The molecule has 0 fully saturated rings. The lowest BCUT2D eigenvalue weighted by atomic mass is 9.88. The van der Waals surface area contributed by atoms with Crippen molar-refractivity contribution in [2.24, 2.45) is 5.92 Å². The Morgan fingerprint density at radius 3 is 2.62 bits per heavy atom. The first-order chi connectivity index (χ1) is 7.30. The summed E-state index contributed by atoms with van der Waals surface area (Å²) in [6, 6.07) is 4.56. The van der Waals surface area contributed by atoms with Crippen LogP contribution in [0.2, 0.25) is 0 Å². The summed E-state index contributed by atoms with van der Waals surface area (Å²) in [7, 11) is 0. The lowest BCUT2D eigenvalue weighted by molar-refractivity contribution is 0.0386. The molecule has 1 unspecified atom stereocenters. The second kappa shape index (κ2) is 5.28. The van der Waals surface area contributed by atoms with Crippen LogP contribution in [0.5, 0.6) is 0 Å². The Bertz CT molecular complexity index is 361. The van der Waals surface area contributed by atoms with Crippen molar-refractivity contribution < 1.29 is 9.50 Å². The highest BCUT2D eigenvalue weighted by molar-refractivity contribution is 9.10. The van der Waals surface area contributed by atoms with Crippen LogP contribution < -0.4 is 0 Å². The van der Waals surface area contributed by atoms with Crippen LogP contribution in [0.25, 0.3) is 0 Å². The molecule has 0 saturated carbocycles. The summed E-state index contributed by atoms with van der Waals surface area (Å²) in [4.78, 5) is 0. The molecule has 1 N–H and O–H groups in total. The Balaban J connectivity index is 2.82. The highest BCUT2D eigenvalue weighted by Gasteiger charge is 2.23. The minimum absolute atomic E-state index is 0.265. The van der Waals surface area contributed by atoms with Crippen LogP contribution in [0.4, 0.5) is 4.39 Å². The van der Waals surface area contributed by atoms with E-state index in [9.17, 15) is 9.50 Å². The van der Waals surface area contributed by atoms with Gasteiger partial charge < -0.3 is 5.11 Å². The van der Waals surface area contributed by atoms with Crippen LogP contribution in [0.1, 0.15) is 32.8 Å². The molecule has 1 rings (SSSR count). The number of benzene rings is 1. The van der Waals surface area contributed by atoms with Gasteiger partial charge in [0, 0.05) is 10.9 Å². The van der Waals surface area contributed by atoms with E-state index in [1.165, 1.54) is 12.1 Å². The third kappa shape index (κ3) is 4.22. The minimum Gasteiger partial charge on any atom is -0.390 e. The molecule has 0 saturated heterocycles. The molecule has 0 aliphatic carbocycles. The van der Waals surface area contributed by atoms with E-state index in [-0.39, 0.29) is 5.82 Å². The summed E-state index contributed by atoms with van der Waals surface area (Å²) in [5, 5.41) is 10.2. The summed E-state index contributed by atoms with van der Waals surface area (Å²) >= 11 is 3.37. The summed E-state index contributed by atoms with van der Waals surface area (Å²) in [6.07, 6.45) is 1.17. The summed E-state index contributed by atoms with van der Waals surface area (Å²) < 4.78 is 13.9. The fraction of sp³-hybridized carbons (Fsp3) is 0.538. The molecule has 3 heteroatoms. The average molecular weight is 289 g/mol. The maximum absolute atomic E-state index is 13.1. The molecule has 1 atom stereocenters. The van der Waals surface area contributed by atoms with Gasteiger partial charge in [0.15, 0.2) is 0 Å². The molecule has 0 aromatic heterocycles. The minimum atomic E-state index is -0.787. The van der Waals surface area contributed by atoms with Gasteiger partial charge in [0.1, 0.15) is 5.82 Å². The van der Waals surface area contributed by atoms with Gasteiger partial charge in [-0.25, -0.2) is 4.39 Å². The van der Waals surface area contributed by atoms with Crippen LogP contribution in [0.15, 0.2) is 22.7 Å². The molecule has 1 nitrogen and oxygen atoms in total. The molecular weight excluding hydrogens is 271 g/mol. The molecule has 0 aliphatic rings. The van der Waals surface area contributed by atoms with E-state index in [2.05, 4.69) is 29.8 Å². The third-order valence-electron chi connectivity index (χ3n) is 2.43. The van der Waals surface area contributed by atoms with Crippen LogP contribution in [-0.4, -0.2) is 10.7 Å². The molecule has 0 radical (unpaired) electrons. The first-order valence-electron chi connectivity index (χ1n) is 5.46. The van der Waals surface area contributed by atoms with Gasteiger partial charge in [-0.2, -0.15) is 0 Å². The standard InChI is InChI=1S/C13H18BrFO/c1-9(2)7-13(3,16)8-10-6-11(15)4-5-12(10)14/h4-6,9,16H,7-8H2,1-3H3. The number of halogens is 2. The van der Waals surface area contributed by atoms with Crippen molar-refractivity contribution in [3.8, 4) is 0 Å². The van der Waals surface area contributed by atoms with Gasteiger partial charge in [0.2, 0.25) is 0 Å². The molecule has 0 bridgehead atoms. The Kier molecular flexibility index (Phi) is 4.51. The average Bonchev–Trinajstić information content (AvgIpc) is 2.08. The predicted molar refractivity (Wildman–Crippen MR) is 67.9 cm³/mol. The Morgan fingerprint density at radius 1 is 1.44 bits per heavy atom. The molecule has 1 aromatic carbocycles. The van der Waals surface area contributed by atoms with E-state index >= 15 is 0 Å². The molecule has 0 spiro atoms. The first kappa shape index (κ1) is 13.7. The largest absolute Gasteiger partial charge is 0.390 e. The summed E-state index contributed by atoms with van der Waals surface area (Å²) in [5.74, 6) is 0.154. The second-order valence-electron chi connectivity index (χ2n) is 5.01. The maximum Gasteiger partial charge on any atom is 0.123 e. The Morgan fingerprint density at radius 2 is 2.06 bits per heavy atom. The van der Waals surface area contributed by atoms with Crippen LogP contribution >= 0.6 is 15.9 Å². The van der Waals surface area contributed by atoms with E-state index < -0.39 is 5.60 Å². The SMILES string of the molecule is CC(C)CC(C)(O)Cc1cc(F)ccc1Br. The van der Waals surface area contributed by atoms with Gasteiger partial charge in [-0.05, 0) is 43.0 Å². The topological polar surface area (TPSA) is 20.2 Å². The van der Waals surface area contributed by atoms with Crippen molar-refractivity contribution in [3.05, 3.63) is 34.1 Å². The lowest BCUT2D eigenvalue weighted by Crippen LogP contribution is -2.29. The molecule has 0 aliphatic heterocycles. The van der Waals surface area contributed by atoms with Crippen LogP contribution in [0, 0.1) is 11.7 Å². The van der Waals surface area contributed by atoms with Crippen molar-refractivity contribution in [1.82, 2.24) is 0 Å². The van der Waals surface area contributed by atoms with Crippen molar-refractivity contribution >= 4 is 15.9 Å². The Hall–Kier alpha value is -0.410. The third-order valence-corrected chi connectivity index (χ3v) is 3.20. The fourth-order valence-electron chi connectivity index (χ4n) is 2.04. The van der Waals surface area contributed by atoms with E-state index in [1.54, 1.807) is 13.0 Å². The lowest BCUT2D eigenvalue weighted by Gasteiger charge is -2.25. The second-order valence-corrected chi connectivity index (χ2v) is 5.86. The van der Waals surface area contributed by atoms with Crippen molar-refractivity contribution in [3.63, 3.8) is 0 Å². The van der Waals surface area contributed by atoms with Gasteiger partial charge in [0.25, 0.3) is 0 Å². The number of rotatable bonds is 4. The number of hydrogen-bond acceptors (Lipinski definition) is 1.